The van der Waals surface area contributed by atoms with Crippen LogP contribution in [0.1, 0.15) is 45.6 Å². The summed E-state index contributed by atoms with van der Waals surface area (Å²) >= 11 is 1.52. The largest absolute Gasteiger partial charge is 0.493 e. The van der Waals surface area contributed by atoms with Crippen molar-refractivity contribution >= 4 is 28.2 Å². The van der Waals surface area contributed by atoms with Crippen LogP contribution in [-0.2, 0) is 28.8 Å². The molecule has 2 N–H and O–H groups in total. The van der Waals surface area contributed by atoms with Crippen LogP contribution in [0.25, 0.3) is 0 Å². The Balaban J connectivity index is 1.75. The standard InChI is InChI=1S/C23H30N2O5S/c1-28-12-6-11-24-22(27)21-16-7-4-5-8-19(16)31-23(21)25-20(26)14-15-9-10-17(29-2)18(13-15)30-3/h9-10,13H,4-8,11-12,14H2,1-3H3,(H,24,27)(H,25,26). The molecule has 0 spiro atoms. The number of anilines is 1. The summed E-state index contributed by atoms with van der Waals surface area (Å²) in [5.74, 6) is 0.900. The summed E-state index contributed by atoms with van der Waals surface area (Å²) in [6.07, 6.45) is 4.93. The van der Waals surface area contributed by atoms with E-state index < -0.39 is 0 Å². The Morgan fingerprint density at radius 2 is 1.84 bits per heavy atom. The van der Waals surface area contributed by atoms with E-state index in [1.54, 1.807) is 33.5 Å². The summed E-state index contributed by atoms with van der Waals surface area (Å²) in [7, 11) is 4.78. The summed E-state index contributed by atoms with van der Waals surface area (Å²) in [5.41, 5.74) is 2.52. The van der Waals surface area contributed by atoms with Crippen molar-refractivity contribution in [1.82, 2.24) is 5.32 Å². The van der Waals surface area contributed by atoms with Crippen LogP contribution in [0.3, 0.4) is 0 Å². The number of ether oxygens (including phenoxy) is 3. The van der Waals surface area contributed by atoms with Crippen molar-refractivity contribution in [3.05, 3.63) is 39.8 Å². The predicted octanol–water partition coefficient (Wildman–Crippen LogP) is 3.59. The number of rotatable bonds is 10. The van der Waals surface area contributed by atoms with Crippen molar-refractivity contribution in [3.63, 3.8) is 0 Å². The minimum Gasteiger partial charge on any atom is -0.493 e. The lowest BCUT2D eigenvalue weighted by Gasteiger charge is -2.13. The molecule has 1 aliphatic carbocycles. The molecule has 2 amide bonds. The molecule has 168 valence electrons. The predicted molar refractivity (Wildman–Crippen MR) is 122 cm³/mol. The second-order valence-electron chi connectivity index (χ2n) is 7.43. The molecule has 0 saturated carbocycles. The van der Waals surface area contributed by atoms with Crippen molar-refractivity contribution in [2.75, 3.05) is 39.8 Å². The monoisotopic (exact) mass is 446 g/mol. The summed E-state index contributed by atoms with van der Waals surface area (Å²) in [4.78, 5) is 26.9. The average Bonchev–Trinajstić information content (AvgIpc) is 3.14. The number of hydrogen-bond acceptors (Lipinski definition) is 6. The number of carbonyl (C=O) groups excluding carboxylic acids is 2. The van der Waals surface area contributed by atoms with E-state index in [1.807, 2.05) is 6.07 Å². The zero-order valence-electron chi connectivity index (χ0n) is 18.3. The normalized spacial score (nSPS) is 12.7. The molecule has 31 heavy (non-hydrogen) atoms. The third kappa shape index (κ3) is 5.77. The molecule has 1 aromatic heterocycles. The smallest absolute Gasteiger partial charge is 0.254 e. The van der Waals surface area contributed by atoms with Gasteiger partial charge in [-0.05, 0) is 55.4 Å². The second-order valence-corrected chi connectivity index (χ2v) is 8.54. The molecule has 1 heterocycles. The Bertz CT molecular complexity index is 925. The average molecular weight is 447 g/mol. The van der Waals surface area contributed by atoms with E-state index in [0.717, 1.165) is 43.2 Å². The van der Waals surface area contributed by atoms with E-state index in [2.05, 4.69) is 10.6 Å². The Hall–Kier alpha value is -2.58. The number of benzene rings is 1. The van der Waals surface area contributed by atoms with Gasteiger partial charge in [0.15, 0.2) is 11.5 Å². The van der Waals surface area contributed by atoms with E-state index in [0.29, 0.717) is 35.2 Å². The highest BCUT2D eigenvalue weighted by molar-refractivity contribution is 7.17. The van der Waals surface area contributed by atoms with Gasteiger partial charge in [-0.15, -0.1) is 11.3 Å². The lowest BCUT2D eigenvalue weighted by Crippen LogP contribution is -2.27. The first kappa shape index (κ1) is 23.1. The number of fused-ring (bicyclic) bond motifs is 1. The van der Waals surface area contributed by atoms with Gasteiger partial charge in [0.2, 0.25) is 5.91 Å². The molecule has 3 rings (SSSR count). The van der Waals surface area contributed by atoms with Crippen molar-refractivity contribution in [2.45, 2.75) is 38.5 Å². The Kier molecular flexibility index (Phi) is 8.31. The fourth-order valence-electron chi connectivity index (χ4n) is 3.75. The van der Waals surface area contributed by atoms with E-state index in [1.165, 1.54) is 16.2 Å². The Morgan fingerprint density at radius 3 is 2.58 bits per heavy atom. The zero-order chi connectivity index (χ0) is 22.2. The molecule has 0 unspecified atom stereocenters. The zero-order valence-corrected chi connectivity index (χ0v) is 19.2. The summed E-state index contributed by atoms with van der Waals surface area (Å²) in [6.45, 7) is 1.13. The molecule has 0 aliphatic heterocycles. The van der Waals surface area contributed by atoms with Crippen LogP contribution in [0.4, 0.5) is 5.00 Å². The first-order chi connectivity index (χ1) is 15.1. The fraction of sp³-hybridized carbons (Fsp3) is 0.478. The maximum absolute atomic E-state index is 12.9. The van der Waals surface area contributed by atoms with Crippen LogP contribution in [0.15, 0.2) is 18.2 Å². The molecule has 0 atom stereocenters. The van der Waals surface area contributed by atoms with Gasteiger partial charge in [-0.2, -0.15) is 0 Å². The Morgan fingerprint density at radius 1 is 1.06 bits per heavy atom. The van der Waals surface area contributed by atoms with E-state index >= 15 is 0 Å². The maximum Gasteiger partial charge on any atom is 0.254 e. The number of thiophene rings is 1. The van der Waals surface area contributed by atoms with Crippen molar-refractivity contribution in [2.24, 2.45) is 0 Å². The molecule has 0 saturated heterocycles. The van der Waals surface area contributed by atoms with Crippen LogP contribution in [0, 0.1) is 0 Å². The van der Waals surface area contributed by atoms with Gasteiger partial charge in [0.05, 0.1) is 26.2 Å². The topological polar surface area (TPSA) is 85.9 Å². The van der Waals surface area contributed by atoms with Crippen LogP contribution in [0.2, 0.25) is 0 Å². The third-order valence-electron chi connectivity index (χ3n) is 5.27. The number of carbonyl (C=O) groups is 2. The van der Waals surface area contributed by atoms with Crippen LogP contribution in [0.5, 0.6) is 11.5 Å². The first-order valence-electron chi connectivity index (χ1n) is 10.5. The number of aryl methyl sites for hydroxylation is 1. The number of hydrogen-bond donors (Lipinski definition) is 2. The molecule has 7 nitrogen and oxygen atoms in total. The number of amides is 2. The highest BCUT2D eigenvalue weighted by Crippen LogP contribution is 2.38. The highest BCUT2D eigenvalue weighted by atomic mass is 32.1. The van der Waals surface area contributed by atoms with Crippen LogP contribution < -0.4 is 20.1 Å². The molecule has 8 heteroatoms. The van der Waals surface area contributed by atoms with Crippen molar-refractivity contribution in [1.29, 1.82) is 0 Å². The van der Waals surface area contributed by atoms with E-state index in [9.17, 15) is 9.59 Å². The Labute approximate surface area is 187 Å². The molecular formula is C23H30N2O5S. The van der Waals surface area contributed by atoms with E-state index in [-0.39, 0.29) is 18.2 Å². The van der Waals surface area contributed by atoms with Gasteiger partial charge >= 0.3 is 0 Å². The van der Waals surface area contributed by atoms with Crippen LogP contribution >= 0.6 is 11.3 Å². The van der Waals surface area contributed by atoms with Gasteiger partial charge in [0, 0.05) is 25.1 Å². The molecule has 0 bridgehead atoms. The number of methoxy groups -OCH3 is 3. The fourth-order valence-corrected chi connectivity index (χ4v) is 5.05. The minimum atomic E-state index is -0.167. The molecule has 2 aromatic rings. The molecule has 1 aliphatic rings. The molecular weight excluding hydrogens is 416 g/mol. The van der Waals surface area contributed by atoms with Crippen molar-refractivity contribution < 1.29 is 23.8 Å². The van der Waals surface area contributed by atoms with Gasteiger partial charge in [0.1, 0.15) is 5.00 Å². The lowest BCUT2D eigenvalue weighted by atomic mass is 9.95. The lowest BCUT2D eigenvalue weighted by molar-refractivity contribution is -0.115. The van der Waals surface area contributed by atoms with Gasteiger partial charge in [-0.1, -0.05) is 6.07 Å². The van der Waals surface area contributed by atoms with Gasteiger partial charge in [-0.3, -0.25) is 9.59 Å². The minimum absolute atomic E-state index is 0.128. The SMILES string of the molecule is COCCCNC(=O)c1c(NC(=O)Cc2ccc(OC)c(OC)c2)sc2c1CCCC2. The quantitative estimate of drug-likeness (QED) is 0.545. The van der Waals surface area contributed by atoms with Crippen molar-refractivity contribution in [3.8, 4) is 11.5 Å². The van der Waals surface area contributed by atoms with Gasteiger partial charge in [-0.25, -0.2) is 0 Å². The molecule has 1 aromatic carbocycles. The second kappa shape index (κ2) is 11.2. The van der Waals surface area contributed by atoms with Gasteiger partial charge < -0.3 is 24.8 Å². The first-order valence-corrected chi connectivity index (χ1v) is 11.3. The summed E-state index contributed by atoms with van der Waals surface area (Å²) in [5, 5.41) is 6.59. The van der Waals surface area contributed by atoms with Gasteiger partial charge in [0.25, 0.3) is 5.91 Å². The maximum atomic E-state index is 12.9. The molecule has 0 fully saturated rings. The third-order valence-corrected chi connectivity index (χ3v) is 6.48. The number of nitrogens with one attached hydrogen (secondary N) is 2. The summed E-state index contributed by atoms with van der Waals surface area (Å²) < 4.78 is 15.6. The highest BCUT2D eigenvalue weighted by Gasteiger charge is 2.26. The van der Waals surface area contributed by atoms with Crippen LogP contribution in [-0.4, -0.2) is 46.3 Å². The summed E-state index contributed by atoms with van der Waals surface area (Å²) in [6, 6.07) is 5.41. The molecule has 0 radical (unpaired) electrons. The van der Waals surface area contributed by atoms with E-state index in [4.69, 9.17) is 14.2 Å².